The third-order valence-electron chi connectivity index (χ3n) is 6.86. The summed E-state index contributed by atoms with van der Waals surface area (Å²) in [6.07, 6.45) is 1.63. The number of methoxy groups -OCH3 is 4. The van der Waals surface area contributed by atoms with Crippen molar-refractivity contribution in [3.05, 3.63) is 68.7 Å². The first kappa shape index (κ1) is 29.3. The smallest absolute Gasteiger partial charge is 0.330 e. The number of benzene rings is 2. The highest BCUT2D eigenvalue weighted by molar-refractivity contribution is 5.93. The van der Waals surface area contributed by atoms with Crippen LogP contribution in [0.5, 0.6) is 17.2 Å². The number of carbonyl (C=O) groups excluding carboxylic acids is 1. The first-order valence-electron chi connectivity index (χ1n) is 13.0. The highest BCUT2D eigenvalue weighted by Gasteiger charge is 2.34. The van der Waals surface area contributed by atoms with Crippen LogP contribution in [-0.4, -0.2) is 68.5 Å². The number of ether oxygens (including phenoxy) is 4. The fraction of sp³-hybridized carbons (Fsp3) is 0.345. The summed E-state index contributed by atoms with van der Waals surface area (Å²) in [4.78, 5) is 45.9. The highest BCUT2D eigenvalue weighted by Crippen LogP contribution is 2.36. The van der Waals surface area contributed by atoms with E-state index < -0.39 is 22.9 Å². The Balaban J connectivity index is 1.69. The van der Waals surface area contributed by atoms with E-state index in [0.717, 1.165) is 5.56 Å². The number of esters is 1. The molecule has 0 spiro atoms. The van der Waals surface area contributed by atoms with Crippen LogP contribution in [0, 0.1) is 0 Å². The number of rotatable bonds is 13. The van der Waals surface area contributed by atoms with Crippen molar-refractivity contribution in [2.75, 3.05) is 51.9 Å². The standard InChI is InChI=1S/C29H33N5O7/c1-7-33(8-2)34(21-15-23(35)27(21)36)22(29(37)41-6)11-17-9-10-19(24(12-17)38-3)32-28-18-13-25(39-4)26(40-5)14-20(18)30-16-31-28/h9-10,12-16,22H,7-8,11H2,1-6H3,(H,30,31,32). The molecular formula is C29H33N5O7. The van der Waals surface area contributed by atoms with Gasteiger partial charge in [-0.3, -0.25) is 14.6 Å². The van der Waals surface area contributed by atoms with Gasteiger partial charge in [-0.2, -0.15) is 0 Å². The Morgan fingerprint density at radius 3 is 2.17 bits per heavy atom. The summed E-state index contributed by atoms with van der Waals surface area (Å²) in [7, 11) is 5.95. The normalized spacial score (nSPS) is 11.9. The number of hydrogen-bond acceptors (Lipinski definition) is 12. The molecule has 4 aromatic rings. The summed E-state index contributed by atoms with van der Waals surface area (Å²) in [6.45, 7) is 4.84. The Morgan fingerprint density at radius 2 is 1.59 bits per heavy atom. The van der Waals surface area contributed by atoms with Gasteiger partial charge in [-0.25, -0.2) is 19.8 Å². The minimum absolute atomic E-state index is 0.169. The van der Waals surface area contributed by atoms with Crippen LogP contribution < -0.4 is 35.4 Å². The molecule has 0 fully saturated rings. The van der Waals surface area contributed by atoms with Crippen molar-refractivity contribution in [2.45, 2.75) is 26.3 Å². The number of hydrogen-bond donors (Lipinski definition) is 1. The fourth-order valence-electron chi connectivity index (χ4n) is 4.72. The second-order valence-corrected chi connectivity index (χ2v) is 9.06. The largest absolute Gasteiger partial charge is 0.495 e. The molecule has 1 heterocycles. The van der Waals surface area contributed by atoms with Crippen molar-refractivity contribution < 1.29 is 23.7 Å². The molecule has 12 heteroatoms. The average Bonchev–Trinajstić information content (AvgIpc) is 3.01. The predicted molar refractivity (Wildman–Crippen MR) is 155 cm³/mol. The van der Waals surface area contributed by atoms with Crippen molar-refractivity contribution in [3.63, 3.8) is 0 Å². The van der Waals surface area contributed by atoms with Gasteiger partial charge in [-0.1, -0.05) is 19.9 Å². The quantitative estimate of drug-likeness (QED) is 0.146. The van der Waals surface area contributed by atoms with Crippen LogP contribution in [-0.2, 0) is 16.0 Å². The molecule has 1 atom stereocenters. The number of anilines is 3. The summed E-state index contributed by atoms with van der Waals surface area (Å²) in [5.74, 6) is 1.58. The number of nitrogens with one attached hydrogen (secondary N) is 1. The first-order valence-corrected chi connectivity index (χ1v) is 13.0. The van der Waals surface area contributed by atoms with Gasteiger partial charge in [0.2, 0.25) is 10.9 Å². The van der Waals surface area contributed by atoms with Crippen molar-refractivity contribution in [3.8, 4) is 17.2 Å². The van der Waals surface area contributed by atoms with Crippen LogP contribution in [0.3, 0.4) is 0 Å². The maximum absolute atomic E-state index is 13.0. The number of carbonyl (C=O) groups is 1. The van der Waals surface area contributed by atoms with E-state index in [0.29, 0.717) is 52.7 Å². The molecule has 0 saturated heterocycles. The Labute approximate surface area is 237 Å². The van der Waals surface area contributed by atoms with Crippen molar-refractivity contribution in [1.29, 1.82) is 0 Å². The second-order valence-electron chi connectivity index (χ2n) is 9.06. The third-order valence-corrected chi connectivity index (χ3v) is 6.86. The van der Waals surface area contributed by atoms with Gasteiger partial charge in [0, 0.05) is 37.0 Å². The zero-order valence-corrected chi connectivity index (χ0v) is 23.9. The number of nitrogens with zero attached hydrogens (tertiary/aromatic N) is 4. The van der Waals surface area contributed by atoms with E-state index in [2.05, 4.69) is 15.3 Å². The fourth-order valence-corrected chi connectivity index (χ4v) is 4.72. The molecule has 0 aliphatic carbocycles. The maximum Gasteiger partial charge on any atom is 0.330 e. The molecule has 41 heavy (non-hydrogen) atoms. The highest BCUT2D eigenvalue weighted by atomic mass is 16.5. The maximum atomic E-state index is 13.0. The van der Waals surface area contributed by atoms with E-state index in [1.807, 2.05) is 31.0 Å². The molecule has 0 aliphatic heterocycles. The second kappa shape index (κ2) is 12.6. The summed E-state index contributed by atoms with van der Waals surface area (Å²) in [5, 5.41) is 7.42. The molecule has 0 aliphatic rings. The van der Waals surface area contributed by atoms with E-state index in [1.165, 1.54) is 19.5 Å². The van der Waals surface area contributed by atoms with Crippen LogP contribution in [0.2, 0.25) is 0 Å². The Hall–Kier alpha value is -4.71. The van der Waals surface area contributed by atoms with E-state index in [-0.39, 0.29) is 12.1 Å². The van der Waals surface area contributed by atoms with Gasteiger partial charge in [0.25, 0.3) is 0 Å². The van der Waals surface area contributed by atoms with Gasteiger partial charge in [0.05, 0.1) is 39.6 Å². The number of hydrazine groups is 1. The Morgan fingerprint density at radius 1 is 0.902 bits per heavy atom. The SMILES string of the molecule is CCN(CC)N(c1cc(=O)c1=O)C(Cc1ccc(Nc2ncnc3cc(OC)c(OC)cc23)c(OC)c1)C(=O)OC. The van der Waals surface area contributed by atoms with E-state index >= 15 is 0 Å². The van der Waals surface area contributed by atoms with Gasteiger partial charge >= 0.3 is 5.97 Å². The zero-order chi connectivity index (χ0) is 29.7. The molecule has 0 radical (unpaired) electrons. The average molecular weight is 564 g/mol. The van der Waals surface area contributed by atoms with E-state index in [1.54, 1.807) is 44.5 Å². The molecule has 0 saturated carbocycles. The molecule has 1 aromatic heterocycles. The van der Waals surface area contributed by atoms with Crippen LogP contribution >= 0.6 is 0 Å². The zero-order valence-electron chi connectivity index (χ0n) is 23.9. The minimum atomic E-state index is -0.889. The molecule has 12 nitrogen and oxygen atoms in total. The molecule has 0 amide bonds. The lowest BCUT2D eigenvalue weighted by Crippen LogP contribution is -2.57. The molecular weight excluding hydrogens is 530 g/mol. The van der Waals surface area contributed by atoms with Gasteiger partial charge in [0.1, 0.15) is 29.6 Å². The van der Waals surface area contributed by atoms with Gasteiger partial charge in [-0.15, -0.1) is 0 Å². The lowest BCUT2D eigenvalue weighted by atomic mass is 10.0. The number of fused-ring (bicyclic) bond motifs is 1. The van der Waals surface area contributed by atoms with Gasteiger partial charge in [-0.05, 0) is 23.8 Å². The molecule has 1 unspecified atom stereocenters. The van der Waals surface area contributed by atoms with Crippen LogP contribution in [0.15, 0.2) is 52.3 Å². The first-order chi connectivity index (χ1) is 19.8. The van der Waals surface area contributed by atoms with E-state index in [4.69, 9.17) is 18.9 Å². The van der Waals surface area contributed by atoms with Gasteiger partial charge in [0.15, 0.2) is 11.5 Å². The minimum Gasteiger partial charge on any atom is -0.495 e. The predicted octanol–water partition coefficient (Wildman–Crippen LogP) is 2.84. The van der Waals surface area contributed by atoms with Crippen LogP contribution in [0.1, 0.15) is 19.4 Å². The summed E-state index contributed by atoms with van der Waals surface area (Å²) in [6, 6.07) is 9.38. The summed E-state index contributed by atoms with van der Waals surface area (Å²) in [5.41, 5.74) is 0.982. The lowest BCUT2D eigenvalue weighted by molar-refractivity contribution is -0.143. The molecule has 216 valence electrons. The topological polar surface area (TPSA) is 132 Å². The molecule has 0 bridgehead atoms. The van der Waals surface area contributed by atoms with Crippen molar-refractivity contribution in [1.82, 2.24) is 15.0 Å². The lowest BCUT2D eigenvalue weighted by Gasteiger charge is -2.40. The summed E-state index contributed by atoms with van der Waals surface area (Å²) >= 11 is 0. The molecule has 4 rings (SSSR count). The Bertz CT molecular complexity index is 1610. The van der Waals surface area contributed by atoms with Gasteiger partial charge < -0.3 is 24.3 Å². The van der Waals surface area contributed by atoms with Crippen molar-refractivity contribution >= 4 is 34.1 Å². The van der Waals surface area contributed by atoms with Crippen LogP contribution in [0.4, 0.5) is 17.2 Å². The molecule has 3 aromatic carbocycles. The van der Waals surface area contributed by atoms with Crippen LogP contribution in [0.25, 0.3) is 10.9 Å². The van der Waals surface area contributed by atoms with E-state index in [9.17, 15) is 14.4 Å². The number of aromatic nitrogens is 2. The summed E-state index contributed by atoms with van der Waals surface area (Å²) < 4.78 is 21.6. The monoisotopic (exact) mass is 563 g/mol. The third kappa shape index (κ3) is 5.78. The van der Waals surface area contributed by atoms with Crippen molar-refractivity contribution in [2.24, 2.45) is 0 Å². The Kier molecular flexibility index (Phi) is 9.03. The molecule has 1 N–H and O–H groups in total.